The van der Waals surface area contributed by atoms with Crippen LogP contribution in [0.3, 0.4) is 0 Å². The Morgan fingerprint density at radius 2 is 1.56 bits per heavy atom. The van der Waals surface area contributed by atoms with Gasteiger partial charge in [-0.05, 0) is 74.5 Å². The van der Waals surface area contributed by atoms with Gasteiger partial charge in [0.1, 0.15) is 18.2 Å². The largest absolute Gasteiger partial charge is 0.492 e. The fourth-order valence-corrected chi connectivity index (χ4v) is 3.94. The molecule has 1 saturated heterocycles. The average Bonchev–Trinajstić information content (AvgIpc) is 3.37. The molecule has 0 radical (unpaired) electrons. The lowest BCUT2D eigenvalue weighted by Gasteiger charge is -2.33. The fraction of sp³-hybridized carbons (Fsp3) is 0.269. The van der Waals surface area contributed by atoms with E-state index in [1.807, 2.05) is 60.7 Å². The van der Waals surface area contributed by atoms with Crippen LogP contribution in [0.5, 0.6) is 5.75 Å². The Labute approximate surface area is 188 Å². The number of nitrogens with zero attached hydrogens (tertiary/aromatic N) is 2. The summed E-state index contributed by atoms with van der Waals surface area (Å²) in [4.78, 5) is 17.4. The molecule has 32 heavy (non-hydrogen) atoms. The number of halogens is 1. The first-order chi connectivity index (χ1) is 15.7. The number of amides is 2. The van der Waals surface area contributed by atoms with Gasteiger partial charge in [0.15, 0.2) is 0 Å². The highest BCUT2D eigenvalue weighted by Crippen LogP contribution is 2.21. The number of anilines is 2. The van der Waals surface area contributed by atoms with Crippen molar-refractivity contribution in [1.82, 2.24) is 4.90 Å². The van der Waals surface area contributed by atoms with E-state index in [1.165, 1.54) is 12.1 Å². The first-order valence-corrected chi connectivity index (χ1v) is 11.0. The third-order valence-corrected chi connectivity index (χ3v) is 5.64. The average molecular weight is 434 g/mol. The standard InChI is InChI=1S/C26H28FN3O2/c27-21-13-15-22(16-14-21)28-26(31)30(23-9-3-1-4-10-23)19-24(29-17-7-8-18-29)20-32-25-11-5-2-6-12-25/h1-6,9-16,24H,7-8,17-20H2,(H,28,31). The van der Waals surface area contributed by atoms with Crippen molar-refractivity contribution in [3.05, 3.63) is 90.7 Å². The van der Waals surface area contributed by atoms with E-state index >= 15 is 0 Å². The summed E-state index contributed by atoms with van der Waals surface area (Å²) in [6, 6.07) is 24.9. The molecule has 1 fully saturated rings. The van der Waals surface area contributed by atoms with E-state index in [4.69, 9.17) is 4.74 Å². The molecule has 0 aliphatic carbocycles. The van der Waals surface area contributed by atoms with Crippen molar-refractivity contribution in [2.24, 2.45) is 0 Å². The molecule has 1 atom stereocenters. The summed E-state index contributed by atoms with van der Waals surface area (Å²) in [5, 5.41) is 2.90. The van der Waals surface area contributed by atoms with Crippen LogP contribution >= 0.6 is 0 Å². The van der Waals surface area contributed by atoms with E-state index < -0.39 is 0 Å². The van der Waals surface area contributed by atoms with Crippen molar-refractivity contribution in [2.45, 2.75) is 18.9 Å². The van der Waals surface area contributed by atoms with Gasteiger partial charge in [-0.15, -0.1) is 0 Å². The molecular formula is C26H28FN3O2. The molecule has 3 aromatic carbocycles. The van der Waals surface area contributed by atoms with Crippen LogP contribution in [0.15, 0.2) is 84.9 Å². The number of para-hydroxylation sites is 2. The van der Waals surface area contributed by atoms with Gasteiger partial charge in [-0.2, -0.15) is 0 Å². The van der Waals surface area contributed by atoms with Crippen LogP contribution in [0.25, 0.3) is 0 Å². The van der Waals surface area contributed by atoms with E-state index in [-0.39, 0.29) is 17.9 Å². The molecule has 5 nitrogen and oxygen atoms in total. The number of ether oxygens (including phenoxy) is 1. The van der Waals surface area contributed by atoms with E-state index in [9.17, 15) is 9.18 Å². The molecule has 1 aliphatic heterocycles. The molecule has 0 bridgehead atoms. The quantitative estimate of drug-likeness (QED) is 0.517. The highest BCUT2D eigenvalue weighted by molar-refractivity contribution is 6.01. The number of carbonyl (C=O) groups is 1. The van der Waals surface area contributed by atoms with Crippen molar-refractivity contribution in [1.29, 1.82) is 0 Å². The Kier molecular flexibility index (Phi) is 7.35. The van der Waals surface area contributed by atoms with Gasteiger partial charge in [0.05, 0.1) is 6.04 Å². The smallest absolute Gasteiger partial charge is 0.326 e. The van der Waals surface area contributed by atoms with Gasteiger partial charge < -0.3 is 10.1 Å². The molecular weight excluding hydrogens is 405 g/mol. The molecule has 1 aliphatic rings. The lowest BCUT2D eigenvalue weighted by molar-refractivity contribution is 0.163. The summed E-state index contributed by atoms with van der Waals surface area (Å²) < 4.78 is 19.4. The Morgan fingerprint density at radius 3 is 2.22 bits per heavy atom. The molecule has 6 heteroatoms. The zero-order valence-electron chi connectivity index (χ0n) is 18.0. The summed E-state index contributed by atoms with van der Waals surface area (Å²) in [5.74, 6) is 0.480. The second kappa shape index (κ2) is 10.8. The van der Waals surface area contributed by atoms with Crippen LogP contribution in [0.2, 0.25) is 0 Å². The highest BCUT2D eigenvalue weighted by Gasteiger charge is 2.28. The fourth-order valence-electron chi connectivity index (χ4n) is 3.94. The summed E-state index contributed by atoms with van der Waals surface area (Å²) in [7, 11) is 0. The minimum absolute atomic E-state index is 0.0388. The van der Waals surface area contributed by atoms with E-state index in [0.717, 1.165) is 37.4 Å². The highest BCUT2D eigenvalue weighted by atomic mass is 19.1. The maximum Gasteiger partial charge on any atom is 0.326 e. The molecule has 4 rings (SSSR count). The lowest BCUT2D eigenvalue weighted by Crippen LogP contribution is -2.49. The second-order valence-electron chi connectivity index (χ2n) is 7.90. The molecule has 0 spiro atoms. The number of nitrogens with one attached hydrogen (secondary N) is 1. The van der Waals surface area contributed by atoms with E-state index in [0.29, 0.717) is 18.8 Å². The topological polar surface area (TPSA) is 44.8 Å². The Bertz CT molecular complexity index is 977. The minimum Gasteiger partial charge on any atom is -0.492 e. The van der Waals surface area contributed by atoms with Crippen LogP contribution in [0.1, 0.15) is 12.8 Å². The maximum atomic E-state index is 13.3. The summed E-state index contributed by atoms with van der Waals surface area (Å²) >= 11 is 0. The van der Waals surface area contributed by atoms with Crippen LogP contribution in [-0.4, -0.2) is 43.2 Å². The number of benzene rings is 3. The van der Waals surface area contributed by atoms with Crippen molar-refractivity contribution in [3.8, 4) is 5.75 Å². The van der Waals surface area contributed by atoms with Gasteiger partial charge in [-0.3, -0.25) is 9.80 Å². The predicted octanol–water partition coefficient (Wildman–Crippen LogP) is 5.41. The summed E-state index contributed by atoms with van der Waals surface area (Å²) in [5.41, 5.74) is 1.35. The van der Waals surface area contributed by atoms with Crippen LogP contribution in [0, 0.1) is 5.82 Å². The molecule has 3 aromatic rings. The maximum absolute atomic E-state index is 13.3. The number of rotatable bonds is 8. The van der Waals surface area contributed by atoms with Gasteiger partial charge in [-0.1, -0.05) is 36.4 Å². The van der Waals surface area contributed by atoms with E-state index in [2.05, 4.69) is 10.2 Å². The van der Waals surface area contributed by atoms with Gasteiger partial charge in [0, 0.05) is 17.9 Å². The number of carbonyl (C=O) groups excluding carboxylic acids is 1. The first-order valence-electron chi connectivity index (χ1n) is 11.0. The molecule has 1 heterocycles. The van der Waals surface area contributed by atoms with Crippen LogP contribution in [0.4, 0.5) is 20.6 Å². The Balaban J connectivity index is 1.53. The third-order valence-electron chi connectivity index (χ3n) is 5.64. The summed E-state index contributed by atoms with van der Waals surface area (Å²) in [6.45, 7) is 2.94. The first kappa shape index (κ1) is 21.8. The van der Waals surface area contributed by atoms with Gasteiger partial charge in [0.25, 0.3) is 0 Å². The number of hydrogen-bond acceptors (Lipinski definition) is 3. The normalized spacial score (nSPS) is 14.7. The third kappa shape index (κ3) is 5.86. The van der Waals surface area contributed by atoms with Crippen LogP contribution in [-0.2, 0) is 0 Å². The zero-order chi connectivity index (χ0) is 22.2. The number of hydrogen-bond donors (Lipinski definition) is 1. The SMILES string of the molecule is O=C(Nc1ccc(F)cc1)N(CC(COc1ccccc1)N1CCCC1)c1ccccc1. The monoisotopic (exact) mass is 433 g/mol. The van der Waals surface area contributed by atoms with Crippen LogP contribution < -0.4 is 15.0 Å². The number of urea groups is 1. The Morgan fingerprint density at radius 1 is 0.938 bits per heavy atom. The lowest BCUT2D eigenvalue weighted by atomic mass is 10.2. The van der Waals surface area contributed by atoms with Gasteiger partial charge >= 0.3 is 6.03 Å². The molecule has 0 aromatic heterocycles. The zero-order valence-corrected chi connectivity index (χ0v) is 18.0. The summed E-state index contributed by atoms with van der Waals surface area (Å²) in [6.07, 6.45) is 2.30. The molecule has 0 saturated carbocycles. The second-order valence-corrected chi connectivity index (χ2v) is 7.90. The molecule has 1 N–H and O–H groups in total. The Hall–Kier alpha value is -3.38. The predicted molar refractivity (Wildman–Crippen MR) is 126 cm³/mol. The van der Waals surface area contributed by atoms with E-state index in [1.54, 1.807) is 17.0 Å². The van der Waals surface area contributed by atoms with Crippen molar-refractivity contribution in [2.75, 3.05) is 36.5 Å². The minimum atomic E-state index is -0.338. The molecule has 166 valence electrons. The number of likely N-dealkylation sites (tertiary alicyclic amines) is 1. The molecule has 2 amide bonds. The van der Waals surface area contributed by atoms with Crippen molar-refractivity contribution < 1.29 is 13.9 Å². The van der Waals surface area contributed by atoms with Gasteiger partial charge in [0.2, 0.25) is 0 Å². The molecule has 1 unspecified atom stereocenters. The van der Waals surface area contributed by atoms with Gasteiger partial charge in [-0.25, -0.2) is 9.18 Å². The van der Waals surface area contributed by atoms with Crippen molar-refractivity contribution >= 4 is 17.4 Å². The van der Waals surface area contributed by atoms with Crippen molar-refractivity contribution in [3.63, 3.8) is 0 Å².